The number of para-hydroxylation sites is 3. The van der Waals surface area contributed by atoms with Crippen LogP contribution in [-0.4, -0.2) is 27.1 Å². The number of halogens is 1. The van der Waals surface area contributed by atoms with Gasteiger partial charge in [-0.25, -0.2) is 14.8 Å². The Morgan fingerprint density at radius 1 is 1.07 bits per heavy atom. The first-order valence-electron chi connectivity index (χ1n) is 9.18. The summed E-state index contributed by atoms with van der Waals surface area (Å²) in [7, 11) is 0. The number of carbonyl (C=O) groups is 1. The van der Waals surface area contributed by atoms with Crippen LogP contribution in [0.5, 0.6) is 0 Å². The van der Waals surface area contributed by atoms with E-state index in [1.807, 2.05) is 30.3 Å². The summed E-state index contributed by atoms with van der Waals surface area (Å²) in [6, 6.07) is 17.2. The van der Waals surface area contributed by atoms with Crippen LogP contribution in [0.15, 0.2) is 63.7 Å². The van der Waals surface area contributed by atoms with E-state index in [0.29, 0.717) is 11.2 Å². The van der Waals surface area contributed by atoms with E-state index in [2.05, 4.69) is 39.6 Å². The van der Waals surface area contributed by atoms with Crippen molar-refractivity contribution in [3.05, 3.63) is 70.6 Å². The van der Waals surface area contributed by atoms with Gasteiger partial charge in [-0.1, -0.05) is 30.3 Å². The van der Waals surface area contributed by atoms with Crippen LogP contribution in [0.25, 0.3) is 33.1 Å². The molecule has 0 spiro atoms. The van der Waals surface area contributed by atoms with Crippen LogP contribution >= 0.6 is 15.9 Å². The van der Waals surface area contributed by atoms with Gasteiger partial charge in [0.15, 0.2) is 10.3 Å². The van der Waals surface area contributed by atoms with E-state index in [4.69, 9.17) is 19.1 Å². The third-order valence-corrected chi connectivity index (χ3v) is 5.32. The molecule has 2 aromatic carbocycles. The molecule has 0 atom stereocenters. The first-order valence-corrected chi connectivity index (χ1v) is 9.98. The molecule has 0 amide bonds. The van der Waals surface area contributed by atoms with Crippen molar-refractivity contribution in [3.8, 4) is 0 Å². The fourth-order valence-corrected chi connectivity index (χ4v) is 3.92. The lowest BCUT2D eigenvalue weighted by Crippen LogP contribution is -2.11. The van der Waals surface area contributed by atoms with Gasteiger partial charge in [-0.15, -0.1) is 0 Å². The zero-order valence-corrected chi connectivity index (χ0v) is 17.1. The molecule has 0 aliphatic rings. The molecule has 0 N–H and O–H groups in total. The second-order valence-corrected chi connectivity index (χ2v) is 7.53. The van der Waals surface area contributed by atoms with Crippen molar-refractivity contribution in [1.29, 1.82) is 0 Å². The molecule has 0 saturated heterocycles. The summed E-state index contributed by atoms with van der Waals surface area (Å²) < 4.78 is 13.2. The minimum Gasteiger partial charge on any atom is -0.458 e. The van der Waals surface area contributed by atoms with E-state index < -0.39 is 5.97 Å². The molecule has 0 aliphatic carbocycles. The van der Waals surface area contributed by atoms with Gasteiger partial charge in [0.05, 0.1) is 23.1 Å². The monoisotopic (exact) mass is 449 g/mol. The predicted molar refractivity (Wildman–Crippen MR) is 114 cm³/mol. The first-order chi connectivity index (χ1) is 14.1. The SMILES string of the molecule is Cc1cccc2c3nc4ccccc4nc3n(CCOC(=O)c3ccc(Br)o3)c12. The Morgan fingerprint density at radius 2 is 1.86 bits per heavy atom. The second kappa shape index (κ2) is 7.00. The number of hydrogen-bond acceptors (Lipinski definition) is 5. The van der Waals surface area contributed by atoms with Crippen molar-refractivity contribution >= 4 is 55.0 Å². The fraction of sp³-hybridized carbons (Fsp3) is 0.136. The van der Waals surface area contributed by atoms with Crippen LogP contribution in [0.1, 0.15) is 16.1 Å². The number of carbonyl (C=O) groups excluding carboxylic acids is 1. The number of fused-ring (bicyclic) bond motifs is 4. The number of rotatable bonds is 4. The Balaban J connectivity index is 1.56. The second-order valence-electron chi connectivity index (χ2n) is 6.75. The van der Waals surface area contributed by atoms with Crippen molar-refractivity contribution in [2.75, 3.05) is 6.61 Å². The van der Waals surface area contributed by atoms with Crippen molar-refractivity contribution in [2.45, 2.75) is 13.5 Å². The summed E-state index contributed by atoms with van der Waals surface area (Å²) in [5.74, 6) is -0.328. The molecule has 7 heteroatoms. The van der Waals surface area contributed by atoms with Gasteiger partial charge in [0.1, 0.15) is 12.1 Å². The number of hydrogen-bond donors (Lipinski definition) is 0. The average molecular weight is 450 g/mol. The number of aromatic nitrogens is 3. The highest BCUT2D eigenvalue weighted by molar-refractivity contribution is 9.10. The van der Waals surface area contributed by atoms with Crippen LogP contribution < -0.4 is 0 Å². The van der Waals surface area contributed by atoms with E-state index in [9.17, 15) is 4.79 Å². The molecule has 3 aromatic heterocycles. The number of furan rings is 1. The minimum atomic E-state index is -0.496. The summed E-state index contributed by atoms with van der Waals surface area (Å²) >= 11 is 3.19. The number of aryl methyl sites for hydroxylation is 1. The molecule has 5 aromatic rings. The van der Waals surface area contributed by atoms with Gasteiger partial charge < -0.3 is 13.7 Å². The molecular weight excluding hydrogens is 434 g/mol. The van der Waals surface area contributed by atoms with Crippen molar-refractivity contribution in [2.24, 2.45) is 0 Å². The van der Waals surface area contributed by atoms with Gasteiger partial charge in [-0.2, -0.15) is 0 Å². The molecule has 144 valence electrons. The summed E-state index contributed by atoms with van der Waals surface area (Å²) in [5, 5.41) is 1.04. The van der Waals surface area contributed by atoms with Gasteiger partial charge in [-0.05, 0) is 52.7 Å². The summed E-state index contributed by atoms with van der Waals surface area (Å²) in [4.78, 5) is 21.9. The molecular formula is C22H16BrN3O3. The largest absolute Gasteiger partial charge is 0.458 e. The summed E-state index contributed by atoms with van der Waals surface area (Å²) in [6.45, 7) is 2.72. The van der Waals surface area contributed by atoms with Gasteiger partial charge in [0.25, 0.3) is 0 Å². The van der Waals surface area contributed by atoms with Crippen LogP contribution in [0.2, 0.25) is 0 Å². The summed E-state index contributed by atoms with van der Waals surface area (Å²) in [5.41, 5.74) is 5.49. The van der Waals surface area contributed by atoms with Crippen molar-refractivity contribution in [1.82, 2.24) is 14.5 Å². The van der Waals surface area contributed by atoms with E-state index in [0.717, 1.165) is 38.7 Å². The van der Waals surface area contributed by atoms with E-state index >= 15 is 0 Å². The van der Waals surface area contributed by atoms with Crippen LogP contribution in [-0.2, 0) is 11.3 Å². The Labute approximate surface area is 174 Å². The van der Waals surface area contributed by atoms with Crippen LogP contribution in [0.3, 0.4) is 0 Å². The molecule has 0 bridgehead atoms. The Hall–Kier alpha value is -3.19. The molecule has 6 nitrogen and oxygen atoms in total. The maximum Gasteiger partial charge on any atom is 0.374 e. The quantitative estimate of drug-likeness (QED) is 0.350. The highest BCUT2D eigenvalue weighted by atomic mass is 79.9. The maximum atomic E-state index is 12.2. The smallest absolute Gasteiger partial charge is 0.374 e. The predicted octanol–water partition coefficient (Wildman–Crippen LogP) is 5.26. The van der Waals surface area contributed by atoms with Gasteiger partial charge in [-0.3, -0.25) is 0 Å². The highest BCUT2D eigenvalue weighted by Crippen LogP contribution is 2.30. The Morgan fingerprint density at radius 3 is 2.62 bits per heavy atom. The molecule has 29 heavy (non-hydrogen) atoms. The fourth-order valence-electron chi connectivity index (χ4n) is 3.62. The first kappa shape index (κ1) is 17.9. The van der Waals surface area contributed by atoms with Gasteiger partial charge in [0, 0.05) is 5.39 Å². The highest BCUT2D eigenvalue weighted by Gasteiger charge is 2.17. The lowest BCUT2D eigenvalue weighted by molar-refractivity contribution is 0.0456. The van der Waals surface area contributed by atoms with Crippen molar-refractivity contribution in [3.63, 3.8) is 0 Å². The Kier molecular flexibility index (Phi) is 4.32. The Bertz CT molecular complexity index is 1390. The molecule has 5 rings (SSSR count). The topological polar surface area (TPSA) is 70.2 Å². The van der Waals surface area contributed by atoms with E-state index in [1.54, 1.807) is 12.1 Å². The third-order valence-electron chi connectivity index (χ3n) is 4.89. The number of nitrogens with zero attached hydrogens (tertiary/aromatic N) is 3. The molecule has 0 saturated carbocycles. The molecule has 0 radical (unpaired) electrons. The third kappa shape index (κ3) is 3.07. The van der Waals surface area contributed by atoms with Gasteiger partial charge in [0.2, 0.25) is 5.76 Å². The molecule has 3 heterocycles. The van der Waals surface area contributed by atoms with Crippen molar-refractivity contribution < 1.29 is 13.9 Å². The zero-order valence-electron chi connectivity index (χ0n) is 15.6. The van der Waals surface area contributed by atoms with E-state index in [1.165, 1.54) is 0 Å². The molecule has 0 fully saturated rings. The maximum absolute atomic E-state index is 12.2. The standard InChI is InChI=1S/C22H16BrN3O3/c1-13-5-4-6-14-19-21(25-16-8-3-2-7-15(16)24-19)26(20(13)14)11-12-28-22(27)17-9-10-18(23)29-17/h2-10H,11-12H2,1H3. The lowest BCUT2D eigenvalue weighted by atomic mass is 10.1. The normalized spacial score (nSPS) is 11.5. The minimum absolute atomic E-state index is 0.168. The zero-order chi connectivity index (χ0) is 20.0. The average Bonchev–Trinajstić information content (AvgIpc) is 3.29. The molecule has 0 unspecified atom stereocenters. The summed E-state index contributed by atoms with van der Waals surface area (Å²) in [6.07, 6.45) is 0. The van der Waals surface area contributed by atoms with Gasteiger partial charge >= 0.3 is 5.97 Å². The lowest BCUT2D eigenvalue weighted by Gasteiger charge is -2.09. The number of ether oxygens (including phenoxy) is 1. The molecule has 0 aliphatic heterocycles. The van der Waals surface area contributed by atoms with Crippen LogP contribution in [0, 0.1) is 6.92 Å². The number of esters is 1. The van der Waals surface area contributed by atoms with E-state index in [-0.39, 0.29) is 12.4 Å². The van der Waals surface area contributed by atoms with Crippen LogP contribution in [0.4, 0.5) is 0 Å². The number of benzene rings is 2.